The van der Waals surface area contributed by atoms with Gasteiger partial charge in [-0.3, -0.25) is 9.59 Å². The fourth-order valence-electron chi connectivity index (χ4n) is 4.06. The van der Waals surface area contributed by atoms with E-state index in [4.69, 9.17) is 4.74 Å². The molecule has 2 aliphatic rings. The molecule has 3 rings (SSSR count). The third-order valence-corrected chi connectivity index (χ3v) is 5.39. The lowest BCUT2D eigenvalue weighted by Gasteiger charge is -2.33. The normalized spacial score (nSPS) is 21.3. The van der Waals surface area contributed by atoms with Gasteiger partial charge in [0.2, 0.25) is 0 Å². The second-order valence-electron chi connectivity index (χ2n) is 8.40. The number of ether oxygens (including phenoxy) is 1. The quantitative estimate of drug-likeness (QED) is 0.836. The number of rotatable bonds is 5. The van der Waals surface area contributed by atoms with Crippen LogP contribution in [-0.2, 0) is 9.59 Å². The van der Waals surface area contributed by atoms with E-state index in [2.05, 4.69) is 0 Å². The summed E-state index contributed by atoms with van der Waals surface area (Å²) in [5.41, 5.74) is 0.373. The summed E-state index contributed by atoms with van der Waals surface area (Å²) in [6, 6.07) is 7.00. The lowest BCUT2D eigenvalue weighted by atomic mass is 9.82. The van der Waals surface area contributed by atoms with Crippen molar-refractivity contribution < 1.29 is 19.4 Å². The third-order valence-electron chi connectivity index (χ3n) is 5.39. The van der Waals surface area contributed by atoms with Gasteiger partial charge in [-0.1, -0.05) is 45.7 Å². The number of benzene rings is 1. The van der Waals surface area contributed by atoms with Crippen molar-refractivity contribution in [1.82, 2.24) is 4.90 Å². The van der Waals surface area contributed by atoms with E-state index in [0.717, 1.165) is 37.0 Å². The summed E-state index contributed by atoms with van der Waals surface area (Å²) in [6.07, 6.45) is 3.94. The van der Waals surface area contributed by atoms with Crippen LogP contribution in [0.2, 0.25) is 0 Å². The molecule has 0 bridgehead atoms. The van der Waals surface area contributed by atoms with Gasteiger partial charge in [0, 0.05) is 11.5 Å². The van der Waals surface area contributed by atoms with E-state index in [1.165, 1.54) is 0 Å². The molecule has 1 unspecified atom stereocenters. The molecule has 5 heteroatoms. The Morgan fingerprint density at radius 3 is 2.30 bits per heavy atom. The van der Waals surface area contributed by atoms with Gasteiger partial charge in [-0.15, -0.1) is 0 Å². The molecule has 1 heterocycles. The van der Waals surface area contributed by atoms with E-state index in [1.807, 2.05) is 52.0 Å². The number of hydrogen-bond acceptors (Lipinski definition) is 4. The Morgan fingerprint density at radius 2 is 1.78 bits per heavy atom. The van der Waals surface area contributed by atoms with Crippen molar-refractivity contribution in [3.63, 3.8) is 0 Å². The van der Waals surface area contributed by atoms with Crippen LogP contribution in [0.1, 0.15) is 65.0 Å². The Hall–Kier alpha value is -2.30. The number of aliphatic hydroxyl groups is 1. The average molecular weight is 371 g/mol. The predicted molar refractivity (Wildman–Crippen MR) is 104 cm³/mol. The molecule has 1 atom stereocenters. The van der Waals surface area contributed by atoms with Gasteiger partial charge in [0.1, 0.15) is 5.75 Å². The Kier molecular flexibility index (Phi) is 5.31. The first-order chi connectivity index (χ1) is 12.8. The molecule has 1 N–H and O–H groups in total. The maximum absolute atomic E-state index is 13.1. The number of carbonyl (C=O) groups excluding carboxylic acids is 2. The fourth-order valence-corrected chi connectivity index (χ4v) is 4.06. The van der Waals surface area contributed by atoms with Gasteiger partial charge in [0.25, 0.3) is 5.91 Å². The van der Waals surface area contributed by atoms with Crippen molar-refractivity contribution in [2.24, 2.45) is 5.41 Å². The lowest BCUT2D eigenvalue weighted by molar-refractivity contribution is -0.131. The minimum atomic E-state index is -0.682. The van der Waals surface area contributed by atoms with E-state index < -0.39 is 17.4 Å². The van der Waals surface area contributed by atoms with E-state index in [9.17, 15) is 14.7 Å². The molecule has 1 saturated carbocycles. The zero-order valence-corrected chi connectivity index (χ0v) is 16.6. The van der Waals surface area contributed by atoms with Crippen molar-refractivity contribution in [3.05, 3.63) is 41.2 Å². The molecule has 0 spiro atoms. The number of nitrogens with zero attached hydrogens (tertiary/aromatic N) is 1. The van der Waals surface area contributed by atoms with Crippen molar-refractivity contribution in [1.29, 1.82) is 0 Å². The summed E-state index contributed by atoms with van der Waals surface area (Å²) in [6.45, 7) is 7.94. The van der Waals surface area contributed by atoms with Gasteiger partial charge in [0.15, 0.2) is 11.5 Å². The van der Waals surface area contributed by atoms with Gasteiger partial charge in [0.05, 0.1) is 18.2 Å². The summed E-state index contributed by atoms with van der Waals surface area (Å²) >= 11 is 0. The maximum Gasteiger partial charge on any atom is 0.290 e. The van der Waals surface area contributed by atoms with E-state index in [1.54, 1.807) is 4.90 Å². The smallest absolute Gasteiger partial charge is 0.290 e. The maximum atomic E-state index is 13.1. The number of aliphatic hydroxyl groups excluding tert-OH is 1. The van der Waals surface area contributed by atoms with Crippen LogP contribution in [0.15, 0.2) is 35.6 Å². The van der Waals surface area contributed by atoms with Crippen molar-refractivity contribution >= 4 is 11.7 Å². The predicted octanol–water partition coefficient (Wildman–Crippen LogP) is 4.34. The molecule has 1 amide bonds. The number of hydrogen-bond donors (Lipinski definition) is 1. The molecule has 1 aliphatic heterocycles. The van der Waals surface area contributed by atoms with Gasteiger partial charge in [-0.2, -0.15) is 0 Å². The molecular weight excluding hydrogens is 342 g/mol. The zero-order valence-electron chi connectivity index (χ0n) is 16.6. The number of amides is 1. The fraction of sp³-hybridized carbons (Fsp3) is 0.545. The Morgan fingerprint density at radius 1 is 1.19 bits per heavy atom. The third kappa shape index (κ3) is 3.60. The molecule has 5 nitrogen and oxygen atoms in total. The van der Waals surface area contributed by atoms with Crippen LogP contribution in [-0.4, -0.2) is 34.3 Å². The highest BCUT2D eigenvalue weighted by molar-refractivity contribution is 6.10. The molecule has 0 radical (unpaired) electrons. The van der Waals surface area contributed by atoms with Crippen LogP contribution in [0.4, 0.5) is 0 Å². The molecule has 1 aromatic rings. The Balaban J connectivity index is 2.06. The zero-order chi connectivity index (χ0) is 19.8. The first kappa shape index (κ1) is 19.5. The summed E-state index contributed by atoms with van der Waals surface area (Å²) < 4.78 is 5.51. The van der Waals surface area contributed by atoms with Crippen LogP contribution in [0.5, 0.6) is 5.75 Å². The summed E-state index contributed by atoms with van der Waals surface area (Å²) in [7, 11) is 0. The summed E-state index contributed by atoms with van der Waals surface area (Å²) in [5, 5.41) is 10.6. The van der Waals surface area contributed by atoms with Crippen molar-refractivity contribution in [2.75, 3.05) is 6.61 Å². The first-order valence-corrected chi connectivity index (χ1v) is 9.79. The molecule has 1 aliphatic carbocycles. The monoisotopic (exact) mass is 371 g/mol. The second kappa shape index (κ2) is 7.37. The largest absolute Gasteiger partial charge is 0.503 e. The van der Waals surface area contributed by atoms with Gasteiger partial charge in [-0.05, 0) is 37.5 Å². The SMILES string of the molecule is CCOc1ccc(C2C(C(=O)C(C)(C)C)=C(O)C(=O)N2C2CCCC2)cc1. The van der Waals surface area contributed by atoms with Gasteiger partial charge >= 0.3 is 0 Å². The minimum absolute atomic E-state index is 0.0569. The van der Waals surface area contributed by atoms with Crippen molar-refractivity contribution in [3.8, 4) is 5.75 Å². The lowest BCUT2D eigenvalue weighted by Crippen LogP contribution is -2.39. The van der Waals surface area contributed by atoms with E-state index >= 15 is 0 Å². The average Bonchev–Trinajstić information content (AvgIpc) is 3.22. The van der Waals surface area contributed by atoms with Crippen LogP contribution in [0, 0.1) is 5.41 Å². The summed E-state index contributed by atoms with van der Waals surface area (Å²) in [5.74, 6) is -0.253. The summed E-state index contributed by atoms with van der Waals surface area (Å²) in [4.78, 5) is 27.8. The molecule has 0 saturated heterocycles. The standard InChI is InChI=1S/C22H29NO4/c1-5-27-16-12-10-14(11-13-16)18-17(20(25)22(2,3)4)19(24)21(26)23(18)15-8-6-7-9-15/h10-13,15,18,24H,5-9H2,1-4H3. The molecular formula is C22H29NO4. The number of ketones is 1. The van der Waals surface area contributed by atoms with Crippen LogP contribution in [0.3, 0.4) is 0 Å². The van der Waals surface area contributed by atoms with Crippen LogP contribution in [0.25, 0.3) is 0 Å². The topological polar surface area (TPSA) is 66.8 Å². The molecule has 1 aromatic carbocycles. The van der Waals surface area contributed by atoms with E-state index in [-0.39, 0.29) is 23.2 Å². The second-order valence-corrected chi connectivity index (χ2v) is 8.40. The highest BCUT2D eigenvalue weighted by atomic mass is 16.5. The number of carbonyl (C=O) groups is 2. The van der Waals surface area contributed by atoms with Crippen LogP contribution < -0.4 is 4.74 Å². The van der Waals surface area contributed by atoms with Crippen molar-refractivity contribution in [2.45, 2.75) is 65.5 Å². The minimum Gasteiger partial charge on any atom is -0.503 e. The van der Waals surface area contributed by atoms with Gasteiger partial charge in [-0.25, -0.2) is 0 Å². The van der Waals surface area contributed by atoms with Gasteiger partial charge < -0.3 is 14.7 Å². The van der Waals surface area contributed by atoms with Crippen LogP contribution >= 0.6 is 0 Å². The van der Waals surface area contributed by atoms with E-state index in [0.29, 0.717) is 6.61 Å². The highest BCUT2D eigenvalue weighted by Crippen LogP contribution is 2.44. The Labute approximate surface area is 161 Å². The highest BCUT2D eigenvalue weighted by Gasteiger charge is 2.48. The molecule has 1 fully saturated rings. The number of Topliss-reactive ketones (excluding diaryl/α,β-unsaturated/α-hetero) is 1. The Bertz CT molecular complexity index is 752. The molecule has 146 valence electrons. The first-order valence-electron chi connectivity index (χ1n) is 9.79. The molecule has 27 heavy (non-hydrogen) atoms. The molecule has 0 aromatic heterocycles.